The minimum Gasteiger partial charge on any atom is -0.281 e. The van der Waals surface area contributed by atoms with E-state index in [1.54, 1.807) is 12.5 Å². The molecule has 0 aliphatic heterocycles. The molecule has 0 N–H and O–H groups in total. The van der Waals surface area contributed by atoms with Crippen LogP contribution in [-0.4, -0.2) is 16.7 Å². The highest BCUT2D eigenvalue weighted by Gasteiger charge is 2.04. The van der Waals surface area contributed by atoms with Gasteiger partial charge in [-0.25, -0.2) is 0 Å². The summed E-state index contributed by atoms with van der Waals surface area (Å²) in [5.74, 6) is 0. The lowest BCUT2D eigenvalue weighted by Crippen LogP contribution is -2.05. The summed E-state index contributed by atoms with van der Waals surface area (Å²) in [6.07, 6.45) is 3.61. The molecule has 0 radical (unpaired) electrons. The Hall–Kier alpha value is -1.15. The molecule has 0 aromatic heterocycles. The number of rotatable bonds is 1. The Morgan fingerprint density at radius 3 is 2.21 bits per heavy atom. The van der Waals surface area contributed by atoms with E-state index in [1.165, 1.54) is 5.39 Å². The third kappa shape index (κ3) is 1.70. The summed E-state index contributed by atoms with van der Waals surface area (Å²) >= 11 is 0. The fourth-order valence-electron chi connectivity index (χ4n) is 1.51. The summed E-state index contributed by atoms with van der Waals surface area (Å²) in [5.41, 5.74) is 0. The van der Waals surface area contributed by atoms with Gasteiger partial charge < -0.3 is 0 Å². The van der Waals surface area contributed by atoms with Crippen LogP contribution in [0.25, 0.3) is 10.8 Å². The van der Waals surface area contributed by atoms with Gasteiger partial charge in [0.15, 0.2) is 0 Å². The zero-order valence-electron chi connectivity index (χ0n) is 8.40. The molecule has 0 atom stereocenters. The smallest absolute Gasteiger partial charge is 0.0148 e. The van der Waals surface area contributed by atoms with Crippen LogP contribution >= 0.6 is 0 Å². The van der Waals surface area contributed by atoms with Crippen molar-refractivity contribution < 1.29 is 4.21 Å². The molecule has 0 saturated carbocycles. The first-order chi connectivity index (χ1) is 6.57. The number of hydrogen-bond donors (Lipinski definition) is 1. The van der Waals surface area contributed by atoms with Crippen molar-refractivity contribution in [2.45, 2.75) is 4.90 Å². The predicted octanol–water partition coefficient (Wildman–Crippen LogP) is 2.48. The molecule has 0 spiro atoms. The van der Waals surface area contributed by atoms with Crippen molar-refractivity contribution in [2.75, 3.05) is 12.5 Å². The van der Waals surface area contributed by atoms with Crippen LogP contribution in [0.2, 0.25) is 0 Å². The third-order valence-electron chi connectivity index (χ3n) is 2.35. The highest BCUT2D eigenvalue weighted by atomic mass is 32.2. The lowest BCUT2D eigenvalue weighted by atomic mass is 10.1. The Kier molecular flexibility index (Phi) is 2.16. The molecular formula is C12H14OS. The summed E-state index contributed by atoms with van der Waals surface area (Å²) in [6.45, 7) is 0. The molecule has 2 heteroatoms. The molecule has 0 heterocycles. The molecule has 14 heavy (non-hydrogen) atoms. The molecule has 0 aliphatic carbocycles. The van der Waals surface area contributed by atoms with Crippen LogP contribution in [0.3, 0.4) is 0 Å². The van der Waals surface area contributed by atoms with Crippen LogP contribution in [0, 0.1) is 0 Å². The van der Waals surface area contributed by atoms with Gasteiger partial charge in [-0.1, -0.05) is 40.3 Å². The second-order valence-electron chi connectivity index (χ2n) is 3.88. The number of thiol groups is 1. The van der Waals surface area contributed by atoms with Gasteiger partial charge >= 0.3 is 0 Å². The fraction of sp³-hybridized carbons (Fsp3) is 0.167. The number of benzene rings is 2. The first kappa shape index (κ1) is 9.41. The van der Waals surface area contributed by atoms with E-state index in [-0.39, 0.29) is 0 Å². The van der Waals surface area contributed by atoms with Gasteiger partial charge in [-0.3, -0.25) is 4.21 Å². The van der Waals surface area contributed by atoms with Crippen molar-refractivity contribution in [1.82, 2.24) is 0 Å². The molecule has 74 valence electrons. The van der Waals surface area contributed by atoms with Gasteiger partial charge in [0.2, 0.25) is 0 Å². The van der Waals surface area contributed by atoms with E-state index in [0.29, 0.717) is 0 Å². The highest BCUT2D eigenvalue weighted by Crippen LogP contribution is 2.20. The molecule has 0 amide bonds. The Labute approximate surface area is 85.2 Å². The molecule has 1 nitrogen and oxygen atoms in total. The van der Waals surface area contributed by atoms with Crippen molar-refractivity contribution in [3.05, 3.63) is 42.5 Å². The minimum absolute atomic E-state index is 0.955. The first-order valence-electron chi connectivity index (χ1n) is 4.62. The quantitative estimate of drug-likeness (QED) is 0.709. The largest absolute Gasteiger partial charge is 0.281 e. The van der Waals surface area contributed by atoms with Crippen molar-refractivity contribution >= 4 is 20.7 Å². The van der Waals surface area contributed by atoms with E-state index in [9.17, 15) is 4.21 Å². The van der Waals surface area contributed by atoms with Crippen LogP contribution in [0.4, 0.5) is 0 Å². The van der Waals surface area contributed by atoms with Crippen molar-refractivity contribution in [1.29, 1.82) is 0 Å². The molecule has 0 unspecified atom stereocenters. The number of hydrogen-bond acceptors (Lipinski definition) is 1. The second kappa shape index (κ2) is 3.21. The molecule has 0 saturated heterocycles. The first-order valence-corrected chi connectivity index (χ1v) is 7.22. The molecule has 0 aliphatic rings. The molecule has 2 rings (SSSR count). The summed E-state index contributed by atoms with van der Waals surface area (Å²) in [6, 6.07) is 14.1. The maximum absolute atomic E-state index is 11.9. The predicted molar refractivity (Wildman–Crippen MR) is 63.6 cm³/mol. The van der Waals surface area contributed by atoms with Crippen LogP contribution < -0.4 is 0 Å². The van der Waals surface area contributed by atoms with Crippen molar-refractivity contribution in [3.63, 3.8) is 0 Å². The van der Waals surface area contributed by atoms with Gasteiger partial charge in [0, 0.05) is 4.90 Å². The van der Waals surface area contributed by atoms with E-state index < -0.39 is 9.93 Å². The second-order valence-corrected chi connectivity index (χ2v) is 7.10. The average molecular weight is 206 g/mol. The zero-order valence-corrected chi connectivity index (χ0v) is 9.29. The Morgan fingerprint density at radius 1 is 0.929 bits per heavy atom. The van der Waals surface area contributed by atoms with E-state index in [2.05, 4.69) is 12.1 Å². The lowest BCUT2D eigenvalue weighted by Gasteiger charge is -2.12. The molecule has 2 aromatic rings. The van der Waals surface area contributed by atoms with Gasteiger partial charge in [-0.15, -0.1) is 0 Å². The van der Waals surface area contributed by atoms with E-state index in [1.807, 2.05) is 30.3 Å². The topological polar surface area (TPSA) is 17.1 Å². The van der Waals surface area contributed by atoms with Gasteiger partial charge in [0.05, 0.1) is 0 Å². The van der Waals surface area contributed by atoms with Crippen molar-refractivity contribution in [2.24, 2.45) is 0 Å². The average Bonchev–Trinajstić information content (AvgIpc) is 2.16. The summed E-state index contributed by atoms with van der Waals surface area (Å²) in [4.78, 5) is 0.955. The SMILES string of the molecule is C[SH](C)(=O)c1ccc2ccccc2c1. The minimum atomic E-state index is -2.12. The molecule has 0 bridgehead atoms. The van der Waals surface area contributed by atoms with Crippen LogP contribution in [0.15, 0.2) is 47.4 Å². The summed E-state index contributed by atoms with van der Waals surface area (Å²) in [7, 11) is -2.12. The Balaban J connectivity index is 2.69. The molecule has 2 aromatic carbocycles. The zero-order chi connectivity index (χ0) is 10.2. The number of fused-ring (bicyclic) bond motifs is 1. The van der Waals surface area contributed by atoms with Crippen LogP contribution in [0.1, 0.15) is 0 Å². The van der Waals surface area contributed by atoms with E-state index in [4.69, 9.17) is 0 Å². The molecule has 0 fully saturated rings. The normalized spacial score (nSPS) is 13.0. The Bertz CT molecular complexity index is 510. The fourth-order valence-corrected chi connectivity index (χ4v) is 2.40. The lowest BCUT2D eigenvalue weighted by molar-refractivity contribution is 0.678. The van der Waals surface area contributed by atoms with E-state index in [0.717, 1.165) is 10.3 Å². The summed E-state index contributed by atoms with van der Waals surface area (Å²) in [5, 5.41) is 2.36. The molecular weight excluding hydrogens is 192 g/mol. The third-order valence-corrected chi connectivity index (χ3v) is 3.88. The van der Waals surface area contributed by atoms with Gasteiger partial charge in [-0.2, -0.15) is 0 Å². The van der Waals surface area contributed by atoms with Crippen molar-refractivity contribution in [3.8, 4) is 0 Å². The van der Waals surface area contributed by atoms with E-state index >= 15 is 0 Å². The highest BCUT2D eigenvalue weighted by molar-refractivity contribution is 8.01. The monoisotopic (exact) mass is 206 g/mol. The van der Waals surface area contributed by atoms with Crippen LogP contribution in [-0.2, 0) is 9.93 Å². The Morgan fingerprint density at radius 2 is 1.57 bits per heavy atom. The van der Waals surface area contributed by atoms with Gasteiger partial charge in [-0.05, 0) is 35.4 Å². The van der Waals surface area contributed by atoms with Crippen LogP contribution in [0.5, 0.6) is 0 Å². The van der Waals surface area contributed by atoms with Gasteiger partial charge in [0.1, 0.15) is 0 Å². The standard InChI is InChI=1S/C12H14OS/c1-14(2,13)12-8-7-10-5-3-4-6-11(10)9-12/h3-9,14H,1-2H3. The summed E-state index contributed by atoms with van der Waals surface area (Å²) < 4.78 is 11.9. The maximum Gasteiger partial charge on any atom is 0.0148 e. The van der Waals surface area contributed by atoms with Gasteiger partial charge in [0.25, 0.3) is 0 Å². The maximum atomic E-state index is 11.9.